The highest BCUT2D eigenvalue weighted by Gasteiger charge is 2.79. The second kappa shape index (κ2) is 4.99. The highest BCUT2D eigenvalue weighted by Crippen LogP contribution is 2.53. The van der Waals surface area contributed by atoms with E-state index in [0.717, 1.165) is 19.3 Å². The van der Waals surface area contributed by atoms with Gasteiger partial charge >= 0.3 is 5.97 Å². The first-order valence-corrected chi connectivity index (χ1v) is 7.97. The van der Waals surface area contributed by atoms with E-state index in [9.17, 15) is 14.7 Å². The van der Waals surface area contributed by atoms with Gasteiger partial charge in [-0.25, -0.2) is 4.79 Å². The largest absolute Gasteiger partial charge is 0.453 e. The van der Waals surface area contributed by atoms with Gasteiger partial charge in [-0.05, 0) is 32.6 Å². The monoisotopic (exact) mass is 313 g/mol. The van der Waals surface area contributed by atoms with E-state index in [0.29, 0.717) is 12.3 Å². The van der Waals surface area contributed by atoms with Crippen LogP contribution in [0.2, 0.25) is 0 Å². The topological polar surface area (TPSA) is 75.6 Å². The summed E-state index contributed by atoms with van der Waals surface area (Å²) in [5.41, 5.74) is -2.34. The fraction of sp³-hybridized carbons (Fsp3) is 0.733. The van der Waals surface area contributed by atoms with E-state index in [1.807, 2.05) is 12.2 Å². The minimum Gasteiger partial charge on any atom is -0.453 e. The van der Waals surface area contributed by atoms with Crippen molar-refractivity contribution in [1.29, 1.82) is 0 Å². The number of fused-ring (bicyclic) bond motifs is 1. The molecule has 5 nitrogen and oxygen atoms in total. The molecule has 2 fully saturated rings. The average molecular weight is 314 g/mol. The molecule has 0 aromatic heterocycles. The number of esters is 1. The minimum absolute atomic E-state index is 0.138. The van der Waals surface area contributed by atoms with Gasteiger partial charge in [0.15, 0.2) is 5.60 Å². The smallest absolute Gasteiger partial charge is 0.339 e. The summed E-state index contributed by atoms with van der Waals surface area (Å²) in [6, 6.07) is 0. The molecule has 2 heterocycles. The van der Waals surface area contributed by atoms with Crippen molar-refractivity contribution in [3.63, 3.8) is 0 Å². The van der Waals surface area contributed by atoms with E-state index >= 15 is 0 Å². The zero-order chi connectivity index (χ0) is 15.3. The lowest BCUT2D eigenvalue weighted by Crippen LogP contribution is -2.80. The Morgan fingerprint density at radius 3 is 2.90 bits per heavy atom. The van der Waals surface area contributed by atoms with Crippen molar-refractivity contribution in [3.8, 4) is 0 Å². The van der Waals surface area contributed by atoms with E-state index in [1.165, 1.54) is 0 Å². The van der Waals surface area contributed by atoms with E-state index in [2.05, 4.69) is 5.32 Å². The Balaban J connectivity index is 1.94. The number of ether oxygens (including phenoxy) is 1. The van der Waals surface area contributed by atoms with Crippen molar-refractivity contribution in [2.75, 3.05) is 5.88 Å². The molecule has 0 unspecified atom stereocenters. The first kappa shape index (κ1) is 14.9. The molecule has 0 spiro atoms. The van der Waals surface area contributed by atoms with Gasteiger partial charge in [0.2, 0.25) is 11.4 Å². The number of nitrogens with one attached hydrogen (secondary N) is 1. The first-order valence-electron chi connectivity index (χ1n) is 7.43. The number of rotatable bonds is 4. The summed E-state index contributed by atoms with van der Waals surface area (Å²) in [6.45, 7) is 1.72. The van der Waals surface area contributed by atoms with Crippen molar-refractivity contribution in [1.82, 2.24) is 5.32 Å². The Labute approximate surface area is 128 Å². The van der Waals surface area contributed by atoms with E-state index in [4.69, 9.17) is 16.3 Å². The summed E-state index contributed by atoms with van der Waals surface area (Å²) in [6.07, 6.45) is 6.17. The van der Waals surface area contributed by atoms with E-state index in [1.54, 1.807) is 6.92 Å². The molecule has 2 N–H and O–H groups in total. The molecule has 6 heteroatoms. The molecule has 1 aliphatic carbocycles. The maximum atomic E-state index is 12.2. The van der Waals surface area contributed by atoms with Gasteiger partial charge < -0.3 is 15.2 Å². The van der Waals surface area contributed by atoms with Gasteiger partial charge in [0.1, 0.15) is 0 Å². The van der Waals surface area contributed by atoms with Crippen molar-refractivity contribution in [2.24, 2.45) is 11.8 Å². The van der Waals surface area contributed by atoms with Gasteiger partial charge in [-0.3, -0.25) is 4.79 Å². The minimum atomic E-state index is -1.33. The molecule has 3 aliphatic rings. The van der Waals surface area contributed by atoms with Crippen LogP contribution in [-0.4, -0.2) is 40.1 Å². The summed E-state index contributed by atoms with van der Waals surface area (Å²) in [5.74, 6) is -1.14. The zero-order valence-electron chi connectivity index (χ0n) is 12.0. The van der Waals surface area contributed by atoms with Gasteiger partial charge in [-0.15, -0.1) is 11.6 Å². The van der Waals surface area contributed by atoms with Crippen LogP contribution in [-0.2, 0) is 14.3 Å². The normalized spacial score (nSPS) is 42.8. The Hall–Kier alpha value is -1.07. The number of hydrogen-bond acceptors (Lipinski definition) is 4. The van der Waals surface area contributed by atoms with Crippen molar-refractivity contribution < 1.29 is 19.4 Å². The molecule has 0 radical (unpaired) electrons. The molecule has 1 amide bonds. The average Bonchev–Trinajstić information content (AvgIpc) is 2.65. The standard InChI is InChI=1S/C15H20ClNO4/c1-14-10(7-8-16)12(19)17-15(14,13(20)21-14)11(18)9-5-3-2-4-6-9/h3,5,9-11,18H,2,4,6-8H2,1H3,(H,17,19)/t9-,10+,11-,14+,15-/m1/s1. The summed E-state index contributed by atoms with van der Waals surface area (Å²) in [4.78, 5) is 24.4. The van der Waals surface area contributed by atoms with Crippen molar-refractivity contribution in [2.45, 2.75) is 49.9 Å². The van der Waals surface area contributed by atoms with Crippen LogP contribution in [0, 0.1) is 11.8 Å². The highest BCUT2D eigenvalue weighted by molar-refractivity contribution is 6.18. The summed E-state index contributed by atoms with van der Waals surface area (Å²) < 4.78 is 5.34. The Morgan fingerprint density at radius 2 is 2.33 bits per heavy atom. The van der Waals surface area contributed by atoms with Gasteiger partial charge in [0.05, 0.1) is 12.0 Å². The summed E-state index contributed by atoms with van der Waals surface area (Å²) in [5, 5.41) is 13.5. The lowest BCUT2D eigenvalue weighted by molar-refractivity contribution is -0.238. The molecule has 0 bridgehead atoms. The van der Waals surface area contributed by atoms with Gasteiger partial charge in [0.25, 0.3) is 0 Å². The number of carbonyl (C=O) groups excluding carboxylic acids is 2. The van der Waals surface area contributed by atoms with Crippen molar-refractivity contribution in [3.05, 3.63) is 12.2 Å². The first-order chi connectivity index (χ1) is 9.97. The van der Waals surface area contributed by atoms with Crippen LogP contribution in [0.3, 0.4) is 0 Å². The van der Waals surface area contributed by atoms with Gasteiger partial charge in [-0.2, -0.15) is 0 Å². The van der Waals surface area contributed by atoms with Crippen LogP contribution in [0.5, 0.6) is 0 Å². The number of hydrogen-bond donors (Lipinski definition) is 2. The quantitative estimate of drug-likeness (QED) is 0.463. The van der Waals surface area contributed by atoms with Crippen LogP contribution in [0.25, 0.3) is 0 Å². The fourth-order valence-corrected chi connectivity index (χ4v) is 4.21. The third-order valence-electron chi connectivity index (χ3n) is 5.25. The van der Waals surface area contributed by atoms with Crippen LogP contribution in [0.1, 0.15) is 32.6 Å². The number of aliphatic hydroxyl groups is 1. The number of allylic oxidation sites excluding steroid dienone is 1. The molecule has 0 aromatic rings. The molecule has 2 saturated heterocycles. The number of carbonyl (C=O) groups is 2. The van der Waals surface area contributed by atoms with Crippen LogP contribution >= 0.6 is 11.6 Å². The number of alkyl halides is 1. The SMILES string of the molecule is C[C@@]12OC(=O)[C@@]1([C@H](O)[C@@H]1C=CCCC1)NC(=O)[C@@H]2CCCl. The van der Waals surface area contributed by atoms with Gasteiger partial charge in [-0.1, -0.05) is 12.2 Å². The Morgan fingerprint density at radius 1 is 1.57 bits per heavy atom. The predicted molar refractivity (Wildman–Crippen MR) is 76.7 cm³/mol. The molecule has 116 valence electrons. The maximum Gasteiger partial charge on any atom is 0.339 e. The maximum absolute atomic E-state index is 12.2. The fourth-order valence-electron chi connectivity index (χ4n) is 3.99. The molecular formula is C15H20ClNO4. The second-order valence-corrected chi connectivity index (χ2v) is 6.67. The molecule has 0 aromatic carbocycles. The summed E-state index contributed by atoms with van der Waals surface area (Å²) in [7, 11) is 0. The zero-order valence-corrected chi connectivity index (χ0v) is 12.7. The molecule has 21 heavy (non-hydrogen) atoms. The third kappa shape index (κ3) is 1.80. The summed E-state index contributed by atoms with van der Waals surface area (Å²) >= 11 is 5.76. The van der Waals surface area contributed by atoms with Crippen LogP contribution < -0.4 is 5.32 Å². The number of halogens is 1. The van der Waals surface area contributed by atoms with Crippen molar-refractivity contribution >= 4 is 23.5 Å². The van der Waals surface area contributed by atoms with E-state index < -0.39 is 29.1 Å². The predicted octanol–water partition coefficient (Wildman–Crippen LogP) is 1.13. The second-order valence-electron chi connectivity index (χ2n) is 6.29. The molecule has 5 atom stereocenters. The molecule has 2 aliphatic heterocycles. The number of amides is 1. The lowest BCUT2D eigenvalue weighted by atomic mass is 9.64. The van der Waals surface area contributed by atoms with Crippen LogP contribution in [0.4, 0.5) is 0 Å². The number of aliphatic hydroxyl groups excluding tert-OH is 1. The lowest BCUT2D eigenvalue weighted by Gasteiger charge is -2.54. The van der Waals surface area contributed by atoms with E-state index in [-0.39, 0.29) is 11.8 Å². The third-order valence-corrected chi connectivity index (χ3v) is 5.47. The molecule has 3 rings (SSSR count). The highest BCUT2D eigenvalue weighted by atomic mass is 35.5. The molecule has 0 saturated carbocycles. The van der Waals surface area contributed by atoms with Crippen LogP contribution in [0.15, 0.2) is 12.2 Å². The molecular weight excluding hydrogens is 294 g/mol. The Bertz CT molecular complexity index is 508. The Kier molecular flexibility index (Phi) is 3.53. The van der Waals surface area contributed by atoms with Gasteiger partial charge in [0, 0.05) is 11.8 Å².